The van der Waals surface area contributed by atoms with Crippen molar-refractivity contribution in [2.24, 2.45) is 5.92 Å². The average Bonchev–Trinajstić information content (AvgIpc) is 3.06. The molecule has 0 bridgehead atoms. The van der Waals surface area contributed by atoms with E-state index in [4.69, 9.17) is 0 Å². The summed E-state index contributed by atoms with van der Waals surface area (Å²) < 4.78 is 0. The van der Waals surface area contributed by atoms with Gasteiger partial charge in [0.2, 0.25) is 5.91 Å². The minimum atomic E-state index is -0.0947. The maximum Gasteiger partial charge on any atom is 0.222 e. The molecule has 4 heteroatoms. The first-order valence-electron chi connectivity index (χ1n) is 8.45. The Balaban J connectivity index is 1.53. The summed E-state index contributed by atoms with van der Waals surface area (Å²) in [5.74, 6) is 0.805. The van der Waals surface area contributed by atoms with Gasteiger partial charge in [-0.3, -0.25) is 9.69 Å². The van der Waals surface area contributed by atoms with Gasteiger partial charge in [0.25, 0.3) is 0 Å². The van der Waals surface area contributed by atoms with Gasteiger partial charge >= 0.3 is 0 Å². The summed E-state index contributed by atoms with van der Waals surface area (Å²) in [6.07, 6.45) is 8.79. The van der Waals surface area contributed by atoms with E-state index in [0.717, 1.165) is 45.4 Å². The van der Waals surface area contributed by atoms with E-state index in [9.17, 15) is 9.90 Å². The molecule has 1 saturated carbocycles. The van der Waals surface area contributed by atoms with Crippen molar-refractivity contribution in [2.45, 2.75) is 63.5 Å². The van der Waals surface area contributed by atoms with Gasteiger partial charge in [0.15, 0.2) is 0 Å². The molecule has 3 rings (SSSR count). The van der Waals surface area contributed by atoms with Crippen molar-refractivity contribution in [3.8, 4) is 0 Å². The second kappa shape index (κ2) is 6.44. The largest absolute Gasteiger partial charge is 0.393 e. The quantitative estimate of drug-likeness (QED) is 0.851. The lowest BCUT2D eigenvalue weighted by Gasteiger charge is -2.37. The van der Waals surface area contributed by atoms with Crippen LogP contribution in [0.5, 0.6) is 0 Å². The van der Waals surface area contributed by atoms with Crippen LogP contribution in [0.2, 0.25) is 0 Å². The highest BCUT2D eigenvalue weighted by molar-refractivity contribution is 5.78. The lowest BCUT2D eigenvalue weighted by Crippen LogP contribution is -2.45. The monoisotopic (exact) mass is 280 g/mol. The Morgan fingerprint density at radius 2 is 1.85 bits per heavy atom. The summed E-state index contributed by atoms with van der Waals surface area (Å²) in [7, 11) is 0. The molecule has 3 fully saturated rings. The molecule has 2 aliphatic heterocycles. The molecule has 1 N–H and O–H groups in total. The normalized spacial score (nSPS) is 36.0. The maximum atomic E-state index is 11.7. The summed E-state index contributed by atoms with van der Waals surface area (Å²) >= 11 is 0. The van der Waals surface area contributed by atoms with Crippen molar-refractivity contribution in [3.05, 3.63) is 0 Å². The van der Waals surface area contributed by atoms with Crippen LogP contribution in [0.15, 0.2) is 0 Å². The van der Waals surface area contributed by atoms with E-state index in [1.165, 1.54) is 32.1 Å². The number of aliphatic hydroxyl groups excluding tert-OH is 1. The Hall–Kier alpha value is -0.610. The number of carbonyl (C=O) groups is 1. The topological polar surface area (TPSA) is 43.8 Å². The van der Waals surface area contributed by atoms with Crippen LogP contribution in [-0.2, 0) is 4.79 Å². The van der Waals surface area contributed by atoms with E-state index in [1.807, 2.05) is 4.90 Å². The van der Waals surface area contributed by atoms with E-state index < -0.39 is 0 Å². The summed E-state index contributed by atoms with van der Waals surface area (Å²) in [4.78, 5) is 16.2. The molecule has 0 aromatic heterocycles. The van der Waals surface area contributed by atoms with Gasteiger partial charge in [0, 0.05) is 38.0 Å². The van der Waals surface area contributed by atoms with Crippen LogP contribution >= 0.6 is 0 Å². The number of nitrogens with zero attached hydrogens (tertiary/aromatic N) is 2. The van der Waals surface area contributed by atoms with Crippen molar-refractivity contribution in [1.82, 2.24) is 9.80 Å². The van der Waals surface area contributed by atoms with Crippen LogP contribution in [0, 0.1) is 5.92 Å². The molecule has 0 aromatic carbocycles. The van der Waals surface area contributed by atoms with Gasteiger partial charge in [-0.2, -0.15) is 0 Å². The Labute approximate surface area is 122 Å². The van der Waals surface area contributed by atoms with Crippen molar-refractivity contribution >= 4 is 5.91 Å². The summed E-state index contributed by atoms with van der Waals surface area (Å²) in [6.45, 7) is 3.98. The van der Waals surface area contributed by atoms with Crippen LogP contribution in [0.25, 0.3) is 0 Å². The Morgan fingerprint density at radius 1 is 1.00 bits per heavy atom. The molecule has 114 valence electrons. The molecule has 3 atom stereocenters. The van der Waals surface area contributed by atoms with E-state index >= 15 is 0 Å². The van der Waals surface area contributed by atoms with E-state index in [-0.39, 0.29) is 6.10 Å². The maximum absolute atomic E-state index is 11.7. The molecule has 1 aliphatic carbocycles. The second-order valence-electron chi connectivity index (χ2n) is 6.75. The van der Waals surface area contributed by atoms with E-state index in [1.54, 1.807) is 0 Å². The Bertz CT molecular complexity index is 347. The smallest absolute Gasteiger partial charge is 0.222 e. The Kier molecular flexibility index (Phi) is 4.61. The molecule has 2 saturated heterocycles. The van der Waals surface area contributed by atoms with Crippen LogP contribution in [0.3, 0.4) is 0 Å². The zero-order valence-electron chi connectivity index (χ0n) is 12.5. The number of rotatable bonds is 4. The summed E-state index contributed by atoms with van der Waals surface area (Å²) in [5.41, 5.74) is 0. The SMILES string of the molecule is O=C1CCCN1CCN1CCCC1C1CCCCC1O. The molecule has 0 radical (unpaired) electrons. The second-order valence-corrected chi connectivity index (χ2v) is 6.75. The van der Waals surface area contributed by atoms with Crippen LogP contribution in [0.1, 0.15) is 51.4 Å². The lowest BCUT2D eigenvalue weighted by molar-refractivity contribution is -0.128. The van der Waals surface area contributed by atoms with Crippen LogP contribution in [-0.4, -0.2) is 59.1 Å². The van der Waals surface area contributed by atoms with Gasteiger partial charge in [0.05, 0.1) is 6.10 Å². The van der Waals surface area contributed by atoms with Crippen molar-refractivity contribution < 1.29 is 9.90 Å². The van der Waals surface area contributed by atoms with Crippen molar-refractivity contribution in [1.29, 1.82) is 0 Å². The summed E-state index contributed by atoms with van der Waals surface area (Å²) in [5, 5.41) is 10.3. The molecule has 1 amide bonds. The molecule has 2 heterocycles. The summed E-state index contributed by atoms with van der Waals surface area (Å²) in [6, 6.07) is 0.558. The van der Waals surface area contributed by atoms with Crippen molar-refractivity contribution in [2.75, 3.05) is 26.2 Å². The van der Waals surface area contributed by atoms with Gasteiger partial charge in [-0.15, -0.1) is 0 Å². The molecular formula is C16H28N2O2. The first-order chi connectivity index (χ1) is 9.75. The molecule has 20 heavy (non-hydrogen) atoms. The molecule has 4 nitrogen and oxygen atoms in total. The fourth-order valence-corrected chi connectivity index (χ4v) is 4.39. The zero-order chi connectivity index (χ0) is 13.9. The molecule has 3 aliphatic rings. The first kappa shape index (κ1) is 14.3. The van der Waals surface area contributed by atoms with Gasteiger partial charge in [-0.1, -0.05) is 12.8 Å². The van der Waals surface area contributed by atoms with E-state index in [0.29, 0.717) is 17.9 Å². The van der Waals surface area contributed by atoms with E-state index in [2.05, 4.69) is 4.90 Å². The van der Waals surface area contributed by atoms with Gasteiger partial charge in [0.1, 0.15) is 0 Å². The fraction of sp³-hybridized carbons (Fsp3) is 0.938. The van der Waals surface area contributed by atoms with Gasteiger partial charge in [-0.05, 0) is 38.6 Å². The lowest BCUT2D eigenvalue weighted by atomic mass is 9.80. The van der Waals surface area contributed by atoms with Crippen molar-refractivity contribution in [3.63, 3.8) is 0 Å². The van der Waals surface area contributed by atoms with Crippen LogP contribution < -0.4 is 0 Å². The van der Waals surface area contributed by atoms with Gasteiger partial charge < -0.3 is 10.0 Å². The molecule has 0 aromatic rings. The highest BCUT2D eigenvalue weighted by Gasteiger charge is 2.36. The van der Waals surface area contributed by atoms with Gasteiger partial charge in [-0.25, -0.2) is 0 Å². The number of likely N-dealkylation sites (tertiary alicyclic amines) is 2. The van der Waals surface area contributed by atoms with Crippen LogP contribution in [0.4, 0.5) is 0 Å². The standard InChI is InChI=1S/C16H28N2O2/c19-15-7-2-1-5-13(15)14-6-3-9-17(14)11-12-18-10-4-8-16(18)20/h13-15,19H,1-12H2. The fourth-order valence-electron chi connectivity index (χ4n) is 4.39. The number of hydrogen-bond donors (Lipinski definition) is 1. The zero-order valence-corrected chi connectivity index (χ0v) is 12.5. The highest BCUT2D eigenvalue weighted by Crippen LogP contribution is 2.34. The minimum absolute atomic E-state index is 0.0947. The third-order valence-corrected chi connectivity index (χ3v) is 5.52. The number of carbonyl (C=O) groups excluding carboxylic acids is 1. The predicted octanol–water partition coefficient (Wildman–Crippen LogP) is 1.62. The molecule has 0 spiro atoms. The third kappa shape index (κ3) is 3.01. The third-order valence-electron chi connectivity index (χ3n) is 5.52. The molecule has 3 unspecified atom stereocenters. The number of aliphatic hydroxyl groups is 1. The Morgan fingerprint density at radius 3 is 2.60 bits per heavy atom. The minimum Gasteiger partial charge on any atom is -0.393 e. The number of amides is 1. The highest BCUT2D eigenvalue weighted by atomic mass is 16.3. The predicted molar refractivity (Wildman–Crippen MR) is 78.4 cm³/mol. The first-order valence-corrected chi connectivity index (χ1v) is 8.45. The molecular weight excluding hydrogens is 252 g/mol. The number of hydrogen-bond acceptors (Lipinski definition) is 3. The average molecular weight is 280 g/mol.